The molecule has 0 aliphatic rings. The van der Waals surface area contributed by atoms with E-state index in [1.165, 1.54) is 0 Å². The van der Waals surface area contributed by atoms with Crippen molar-refractivity contribution in [3.63, 3.8) is 0 Å². The molecule has 1 aromatic carbocycles. The van der Waals surface area contributed by atoms with Crippen LogP contribution in [0.2, 0.25) is 0 Å². The van der Waals surface area contributed by atoms with E-state index in [4.69, 9.17) is 5.90 Å². The van der Waals surface area contributed by atoms with Gasteiger partial charge in [-0.3, -0.25) is 0 Å². The van der Waals surface area contributed by atoms with Gasteiger partial charge < -0.3 is 4.84 Å². The fraction of sp³-hybridized carbons (Fsp3) is 0.300. The Kier molecular flexibility index (Phi) is 5.47. The minimum atomic E-state index is -3.03. The van der Waals surface area contributed by atoms with Crippen LogP contribution in [0.25, 0.3) is 0 Å². The number of hydrogen-bond acceptors (Lipinski definition) is 5. The number of hydroxylamine groups is 1. The predicted octanol–water partition coefficient (Wildman–Crippen LogP) is 0.758. The molecule has 94 valence electrons. The lowest BCUT2D eigenvalue weighted by atomic mass is 10.1. The first-order valence-electron chi connectivity index (χ1n) is 4.77. The molecule has 3 N–H and O–H groups in total. The minimum Gasteiger partial charge on any atom is -0.372 e. The van der Waals surface area contributed by atoms with Crippen molar-refractivity contribution < 1.29 is 23.3 Å². The standard InChI is InChI=1S/C10H12F2N2O3/c11-10(12)17-14-8(9(15)16-13)6-7-4-2-1-3-5-7/h1-5,8,10,14H,6,13H2/t8-/m0/s1. The molecule has 1 rings (SSSR count). The Morgan fingerprint density at radius 1 is 1.35 bits per heavy atom. The Morgan fingerprint density at radius 3 is 2.53 bits per heavy atom. The summed E-state index contributed by atoms with van der Waals surface area (Å²) in [6, 6.07) is 7.70. The van der Waals surface area contributed by atoms with Crippen LogP contribution in [0, 0.1) is 0 Å². The van der Waals surface area contributed by atoms with Gasteiger partial charge in [0.1, 0.15) is 6.04 Å². The van der Waals surface area contributed by atoms with E-state index < -0.39 is 18.6 Å². The van der Waals surface area contributed by atoms with E-state index in [2.05, 4.69) is 9.68 Å². The summed E-state index contributed by atoms with van der Waals surface area (Å²) >= 11 is 0. The van der Waals surface area contributed by atoms with Crippen molar-refractivity contribution in [2.75, 3.05) is 0 Å². The third-order valence-electron chi connectivity index (χ3n) is 1.98. The number of rotatable bonds is 6. The molecule has 0 fully saturated rings. The van der Waals surface area contributed by atoms with Crippen LogP contribution in [-0.2, 0) is 20.9 Å². The van der Waals surface area contributed by atoms with Crippen LogP contribution in [0.4, 0.5) is 8.78 Å². The van der Waals surface area contributed by atoms with Crippen LogP contribution in [0.1, 0.15) is 5.56 Å². The van der Waals surface area contributed by atoms with Gasteiger partial charge in [0.05, 0.1) is 0 Å². The van der Waals surface area contributed by atoms with E-state index in [1.807, 2.05) is 5.48 Å². The van der Waals surface area contributed by atoms with Crippen molar-refractivity contribution in [2.45, 2.75) is 19.1 Å². The lowest BCUT2D eigenvalue weighted by Crippen LogP contribution is -2.41. The Balaban J connectivity index is 2.60. The monoisotopic (exact) mass is 246 g/mol. The van der Waals surface area contributed by atoms with Crippen molar-refractivity contribution in [1.29, 1.82) is 0 Å². The Labute approximate surface area is 96.4 Å². The summed E-state index contributed by atoms with van der Waals surface area (Å²) in [7, 11) is 0. The van der Waals surface area contributed by atoms with Crippen LogP contribution in [-0.4, -0.2) is 18.6 Å². The van der Waals surface area contributed by atoms with Gasteiger partial charge in [-0.15, -0.1) is 0 Å². The molecular formula is C10H12F2N2O3. The van der Waals surface area contributed by atoms with Gasteiger partial charge in [0.2, 0.25) is 0 Å². The first kappa shape index (κ1) is 13.5. The second kappa shape index (κ2) is 6.89. The smallest absolute Gasteiger partial charge is 0.360 e. The van der Waals surface area contributed by atoms with Gasteiger partial charge in [0.15, 0.2) is 0 Å². The fourth-order valence-corrected chi connectivity index (χ4v) is 1.24. The molecule has 0 aliphatic heterocycles. The van der Waals surface area contributed by atoms with Crippen LogP contribution in [0.3, 0.4) is 0 Å². The molecule has 0 saturated heterocycles. The highest BCUT2D eigenvalue weighted by molar-refractivity contribution is 5.75. The number of hydrogen-bond donors (Lipinski definition) is 2. The zero-order chi connectivity index (χ0) is 12.7. The molecule has 0 spiro atoms. The molecule has 7 heteroatoms. The molecule has 1 aromatic rings. The van der Waals surface area contributed by atoms with Gasteiger partial charge in [-0.25, -0.2) is 9.63 Å². The normalized spacial score (nSPS) is 12.5. The molecule has 0 bridgehead atoms. The molecule has 17 heavy (non-hydrogen) atoms. The van der Waals surface area contributed by atoms with Gasteiger partial charge in [0, 0.05) is 6.42 Å². The van der Waals surface area contributed by atoms with Crippen LogP contribution >= 0.6 is 0 Å². The van der Waals surface area contributed by atoms with Gasteiger partial charge in [-0.2, -0.15) is 20.2 Å². The maximum atomic E-state index is 11.8. The average Bonchev–Trinajstić information content (AvgIpc) is 2.34. The van der Waals surface area contributed by atoms with E-state index in [-0.39, 0.29) is 6.42 Å². The number of nitrogens with two attached hydrogens (primary N) is 1. The Hall–Kier alpha value is -1.57. The molecular weight excluding hydrogens is 234 g/mol. The molecule has 0 aliphatic carbocycles. The van der Waals surface area contributed by atoms with Crippen LogP contribution in [0.5, 0.6) is 0 Å². The summed E-state index contributed by atoms with van der Waals surface area (Å²) in [6.07, 6.45) is 0.129. The summed E-state index contributed by atoms with van der Waals surface area (Å²) in [5, 5.41) is 0. The zero-order valence-corrected chi connectivity index (χ0v) is 8.81. The van der Waals surface area contributed by atoms with Gasteiger partial charge in [0.25, 0.3) is 0 Å². The van der Waals surface area contributed by atoms with Crippen molar-refractivity contribution in [3.8, 4) is 0 Å². The zero-order valence-electron chi connectivity index (χ0n) is 8.81. The van der Waals surface area contributed by atoms with Gasteiger partial charge in [-0.1, -0.05) is 30.3 Å². The highest BCUT2D eigenvalue weighted by Crippen LogP contribution is 2.05. The van der Waals surface area contributed by atoms with E-state index in [0.717, 1.165) is 5.56 Å². The van der Waals surface area contributed by atoms with Crippen LogP contribution < -0.4 is 11.4 Å². The SMILES string of the molecule is NOC(=O)[C@H](Cc1ccccc1)NOC(F)F. The second-order valence-corrected chi connectivity index (χ2v) is 3.18. The molecule has 0 amide bonds. The molecule has 5 nitrogen and oxygen atoms in total. The van der Waals surface area contributed by atoms with Crippen molar-refractivity contribution in [3.05, 3.63) is 35.9 Å². The summed E-state index contributed by atoms with van der Waals surface area (Å²) in [5.74, 6) is 3.82. The highest BCUT2D eigenvalue weighted by atomic mass is 19.3. The van der Waals surface area contributed by atoms with E-state index in [9.17, 15) is 13.6 Å². The second-order valence-electron chi connectivity index (χ2n) is 3.18. The lowest BCUT2D eigenvalue weighted by Gasteiger charge is -2.15. The topological polar surface area (TPSA) is 73.6 Å². The minimum absolute atomic E-state index is 0.129. The lowest BCUT2D eigenvalue weighted by molar-refractivity contribution is -0.190. The van der Waals surface area contributed by atoms with Crippen LogP contribution in [0.15, 0.2) is 30.3 Å². The summed E-state index contributed by atoms with van der Waals surface area (Å²) < 4.78 is 23.7. The van der Waals surface area contributed by atoms with Crippen molar-refractivity contribution in [2.24, 2.45) is 5.90 Å². The first-order chi connectivity index (χ1) is 8.13. The third kappa shape index (κ3) is 4.85. The first-order valence-corrected chi connectivity index (χ1v) is 4.77. The summed E-state index contributed by atoms with van der Waals surface area (Å²) in [5.41, 5.74) is 2.67. The largest absolute Gasteiger partial charge is 0.372 e. The number of carbonyl (C=O) groups excluding carboxylic acids is 1. The molecule has 1 atom stereocenters. The molecule has 0 aromatic heterocycles. The number of alkyl halides is 2. The Morgan fingerprint density at radius 2 is 2.00 bits per heavy atom. The molecule has 0 heterocycles. The third-order valence-corrected chi connectivity index (χ3v) is 1.98. The maximum Gasteiger partial charge on any atom is 0.360 e. The van der Waals surface area contributed by atoms with E-state index >= 15 is 0 Å². The Bertz CT molecular complexity index is 349. The quantitative estimate of drug-likeness (QED) is 0.725. The van der Waals surface area contributed by atoms with Gasteiger partial charge >= 0.3 is 12.6 Å². The van der Waals surface area contributed by atoms with Crippen molar-refractivity contribution >= 4 is 5.97 Å². The predicted molar refractivity (Wildman–Crippen MR) is 54.4 cm³/mol. The number of carbonyl (C=O) groups is 1. The molecule has 0 saturated carbocycles. The molecule has 0 radical (unpaired) electrons. The number of halogens is 2. The highest BCUT2D eigenvalue weighted by Gasteiger charge is 2.21. The summed E-state index contributed by atoms with van der Waals surface area (Å²) in [4.78, 5) is 19.0. The number of benzene rings is 1. The van der Waals surface area contributed by atoms with E-state index in [0.29, 0.717) is 0 Å². The maximum absolute atomic E-state index is 11.8. The van der Waals surface area contributed by atoms with Gasteiger partial charge in [-0.05, 0) is 5.56 Å². The van der Waals surface area contributed by atoms with E-state index in [1.54, 1.807) is 30.3 Å². The van der Waals surface area contributed by atoms with Crippen molar-refractivity contribution in [1.82, 2.24) is 5.48 Å². The summed E-state index contributed by atoms with van der Waals surface area (Å²) in [6.45, 7) is -3.03. The molecule has 0 unspecified atom stereocenters. The fourth-order valence-electron chi connectivity index (χ4n) is 1.24. The number of nitrogens with one attached hydrogen (secondary N) is 1. The average molecular weight is 246 g/mol.